The van der Waals surface area contributed by atoms with E-state index in [0.29, 0.717) is 31.9 Å². The molecule has 5 rings (SSSR count). The van der Waals surface area contributed by atoms with Crippen molar-refractivity contribution in [2.75, 3.05) is 38.7 Å². The number of carbonyl (C=O) groups is 1. The van der Waals surface area contributed by atoms with Crippen LogP contribution in [-0.4, -0.2) is 78.1 Å². The van der Waals surface area contributed by atoms with E-state index in [2.05, 4.69) is 24.9 Å². The maximum atomic E-state index is 12.7. The summed E-state index contributed by atoms with van der Waals surface area (Å²) in [4.78, 5) is 19.0. The molecule has 2 fully saturated rings. The van der Waals surface area contributed by atoms with E-state index in [1.54, 1.807) is 0 Å². The molecule has 1 aromatic carbocycles. The Morgan fingerprint density at radius 2 is 1.61 bits per heavy atom. The van der Waals surface area contributed by atoms with Crippen LogP contribution in [0.5, 0.6) is 11.5 Å². The third-order valence-electron chi connectivity index (χ3n) is 13.4. The Kier molecular flexibility index (Phi) is 23.1. The van der Waals surface area contributed by atoms with E-state index in [0.717, 1.165) is 92.6 Å². The zero-order valence-corrected chi connectivity index (χ0v) is 39.3. The van der Waals surface area contributed by atoms with E-state index in [4.69, 9.17) is 28.9 Å². The number of hydrogen-bond donors (Lipinski definition) is 3. The molecule has 0 spiro atoms. The third kappa shape index (κ3) is 14.7. The summed E-state index contributed by atoms with van der Waals surface area (Å²) in [6, 6.07) is 5.76. The molecule has 2 aliphatic carbocycles. The first-order chi connectivity index (χ1) is 30.5. The standard InChI is InChI=1S/C51H82N2O8S/c1-4-7-8-9-10-11-12-13-14-15-16-17-18-25-35-62-46-38-44(53-61-47-28-21-24-34-57-47)42-36-39(26-19-22-31-54)41(27-20-23-32-55)48-43-37-40(59-50(56)52-6-3)29-30-45(43)60-51(46,49(42)48)58-33-5-2/h5,29-30,36-37,39,41,46-49,54-55H,2,4,6-28,31-35,38H2,1,3H3,(H,52,56). The lowest BCUT2D eigenvalue weighted by Gasteiger charge is -2.58. The summed E-state index contributed by atoms with van der Waals surface area (Å²) in [6.07, 6.45) is 30.5. The summed E-state index contributed by atoms with van der Waals surface area (Å²) in [6.45, 7) is 9.99. The monoisotopic (exact) mass is 883 g/mol. The lowest BCUT2D eigenvalue weighted by molar-refractivity contribution is -0.223. The van der Waals surface area contributed by atoms with Gasteiger partial charge in [-0.3, -0.25) is 0 Å². The molecule has 62 heavy (non-hydrogen) atoms. The van der Waals surface area contributed by atoms with Crippen LogP contribution in [0.1, 0.15) is 179 Å². The highest BCUT2D eigenvalue weighted by atomic mass is 32.2. The fraction of sp³-hybridized carbons (Fsp3) is 0.765. The zero-order valence-electron chi connectivity index (χ0n) is 38.5. The smallest absolute Gasteiger partial charge is 0.412 e. The third-order valence-corrected chi connectivity index (χ3v) is 14.8. The number of aliphatic hydroxyl groups is 2. The van der Waals surface area contributed by atoms with Crippen LogP contribution >= 0.6 is 11.8 Å². The van der Waals surface area contributed by atoms with Crippen molar-refractivity contribution >= 4 is 23.6 Å². The summed E-state index contributed by atoms with van der Waals surface area (Å²) in [7, 11) is 0. The number of carbonyl (C=O) groups excluding carboxylic acids is 1. The van der Waals surface area contributed by atoms with Crippen LogP contribution in [0, 0.1) is 17.8 Å². The van der Waals surface area contributed by atoms with Gasteiger partial charge in [0.05, 0.1) is 30.1 Å². The maximum absolute atomic E-state index is 12.7. The summed E-state index contributed by atoms with van der Waals surface area (Å²) in [5.74, 6) is 1.20. The van der Waals surface area contributed by atoms with Crippen LogP contribution < -0.4 is 14.8 Å². The first kappa shape index (κ1) is 50.4. The number of unbranched alkanes of at least 4 members (excludes halogenated alkanes) is 15. The van der Waals surface area contributed by atoms with Gasteiger partial charge < -0.3 is 39.3 Å². The Morgan fingerprint density at radius 1 is 0.919 bits per heavy atom. The van der Waals surface area contributed by atoms with Gasteiger partial charge in [-0.2, -0.15) is 11.8 Å². The average molecular weight is 883 g/mol. The summed E-state index contributed by atoms with van der Waals surface area (Å²) >= 11 is 1.93. The average Bonchev–Trinajstić information content (AvgIpc) is 3.28. The molecule has 3 N–H and O–H groups in total. The van der Waals surface area contributed by atoms with Gasteiger partial charge in [0, 0.05) is 44.1 Å². The highest BCUT2D eigenvalue weighted by molar-refractivity contribution is 8.00. The predicted molar refractivity (Wildman–Crippen MR) is 252 cm³/mol. The van der Waals surface area contributed by atoms with Crippen molar-refractivity contribution in [3.8, 4) is 11.5 Å². The number of hydrogen-bond acceptors (Lipinski definition) is 10. The van der Waals surface area contributed by atoms with Gasteiger partial charge in [0.15, 0.2) is 0 Å². The number of thioether (sulfide) groups is 1. The van der Waals surface area contributed by atoms with Crippen molar-refractivity contribution in [3.63, 3.8) is 0 Å². The molecule has 1 saturated heterocycles. The quantitative estimate of drug-likeness (QED) is 0.0379. The molecule has 0 aromatic heterocycles. The topological polar surface area (TPSA) is 128 Å². The summed E-state index contributed by atoms with van der Waals surface area (Å²) < 4.78 is 26.2. The molecule has 1 saturated carbocycles. The number of ether oxygens (including phenoxy) is 4. The molecule has 2 aliphatic heterocycles. The van der Waals surface area contributed by atoms with Crippen LogP contribution in [0.25, 0.3) is 0 Å². The fourth-order valence-electron chi connectivity index (χ4n) is 10.3. The minimum atomic E-state index is -1.02. The number of nitrogens with one attached hydrogen (secondary N) is 1. The van der Waals surface area contributed by atoms with Crippen LogP contribution in [0.4, 0.5) is 4.79 Å². The molecule has 1 amide bonds. The van der Waals surface area contributed by atoms with Crippen molar-refractivity contribution in [1.82, 2.24) is 5.32 Å². The fourth-order valence-corrected chi connectivity index (χ4v) is 11.7. The molecule has 2 heterocycles. The van der Waals surface area contributed by atoms with Crippen molar-refractivity contribution in [2.45, 2.75) is 191 Å². The van der Waals surface area contributed by atoms with Crippen molar-refractivity contribution in [1.29, 1.82) is 0 Å². The molecule has 7 unspecified atom stereocenters. The van der Waals surface area contributed by atoms with E-state index in [-0.39, 0.29) is 48.4 Å². The molecule has 11 heteroatoms. The Labute approximate surface area is 378 Å². The van der Waals surface area contributed by atoms with E-state index in [9.17, 15) is 15.0 Å². The molecule has 10 nitrogen and oxygen atoms in total. The minimum Gasteiger partial charge on any atom is -0.460 e. The SMILES string of the molecule is C=CCOC12Oc3ccc(OC(=O)NCC)cc3C3C(CCCCO)C(CCCCO)C=C(C(=NOC4CCCCO4)CC1SCCCCCCCCCCCCCCCC)C32. The van der Waals surface area contributed by atoms with Gasteiger partial charge in [-0.15, -0.1) is 6.58 Å². The first-order valence-electron chi connectivity index (χ1n) is 24.9. The zero-order chi connectivity index (χ0) is 43.8. The molecule has 7 atom stereocenters. The van der Waals surface area contributed by atoms with Crippen LogP contribution in [0.3, 0.4) is 0 Å². The van der Waals surface area contributed by atoms with Gasteiger partial charge in [0.2, 0.25) is 12.1 Å². The number of amides is 1. The summed E-state index contributed by atoms with van der Waals surface area (Å²) in [5.41, 5.74) is 3.01. The first-order valence-corrected chi connectivity index (χ1v) is 26.0. The molecule has 4 aliphatic rings. The highest BCUT2D eigenvalue weighted by Crippen LogP contribution is 2.62. The van der Waals surface area contributed by atoms with Gasteiger partial charge in [0.25, 0.3) is 0 Å². The second kappa shape index (κ2) is 28.4. The highest BCUT2D eigenvalue weighted by Gasteiger charge is 2.64. The molecular formula is C51H82N2O8S. The van der Waals surface area contributed by atoms with Crippen LogP contribution in [0.15, 0.2) is 47.7 Å². The number of nitrogens with zero attached hydrogens (tertiary/aromatic N) is 1. The van der Waals surface area contributed by atoms with Crippen molar-refractivity contribution < 1.29 is 38.8 Å². The molecular weight excluding hydrogens is 801 g/mol. The number of fused-ring (bicyclic) bond motifs is 2. The Hall–Kier alpha value is -2.57. The molecule has 0 radical (unpaired) electrons. The van der Waals surface area contributed by atoms with Crippen molar-refractivity contribution in [3.05, 3.63) is 48.1 Å². The Bertz CT molecular complexity index is 1520. The van der Waals surface area contributed by atoms with E-state index >= 15 is 0 Å². The van der Waals surface area contributed by atoms with Gasteiger partial charge in [-0.25, -0.2) is 4.79 Å². The van der Waals surface area contributed by atoms with Gasteiger partial charge >= 0.3 is 6.09 Å². The maximum Gasteiger partial charge on any atom is 0.412 e. The predicted octanol–water partition coefficient (Wildman–Crippen LogP) is 12.2. The lowest BCUT2D eigenvalue weighted by Crippen LogP contribution is -2.64. The van der Waals surface area contributed by atoms with Crippen LogP contribution in [0.2, 0.25) is 0 Å². The Morgan fingerprint density at radius 3 is 2.26 bits per heavy atom. The number of allylic oxidation sites excluding steroid dienone is 1. The number of oxime groups is 1. The lowest BCUT2D eigenvalue weighted by atomic mass is 9.56. The van der Waals surface area contributed by atoms with E-state index < -0.39 is 11.9 Å². The minimum absolute atomic E-state index is 0.0697. The van der Waals surface area contributed by atoms with Gasteiger partial charge in [-0.1, -0.05) is 121 Å². The largest absolute Gasteiger partial charge is 0.460 e. The van der Waals surface area contributed by atoms with Crippen LogP contribution in [-0.2, 0) is 14.3 Å². The molecule has 0 bridgehead atoms. The van der Waals surface area contributed by atoms with E-state index in [1.807, 2.05) is 43.0 Å². The number of rotatable bonds is 31. The van der Waals surface area contributed by atoms with Crippen molar-refractivity contribution in [2.24, 2.45) is 22.9 Å². The molecule has 1 aromatic rings. The van der Waals surface area contributed by atoms with Gasteiger partial charge in [-0.05, 0) is 93.2 Å². The van der Waals surface area contributed by atoms with E-state index in [1.165, 1.54) is 83.5 Å². The Balaban J connectivity index is 1.42. The van der Waals surface area contributed by atoms with Gasteiger partial charge in [0.1, 0.15) is 11.5 Å². The normalized spacial score (nSPS) is 25.9. The number of aliphatic hydroxyl groups excluding tert-OH is 2. The summed E-state index contributed by atoms with van der Waals surface area (Å²) in [5, 5.41) is 27.4. The second-order valence-electron chi connectivity index (χ2n) is 18.0. The molecule has 350 valence electrons. The second-order valence-corrected chi connectivity index (χ2v) is 19.3. The number of benzene rings is 1.